The summed E-state index contributed by atoms with van der Waals surface area (Å²) in [5, 5.41) is 18.3. The lowest BCUT2D eigenvalue weighted by Gasteiger charge is -2.27. The maximum Gasteiger partial charge on any atom is 0.326 e. The predicted octanol–water partition coefficient (Wildman–Crippen LogP) is 0.855. The van der Waals surface area contributed by atoms with E-state index in [2.05, 4.69) is 30.9 Å². The van der Waals surface area contributed by atoms with Crippen LogP contribution in [0.4, 0.5) is 0 Å². The highest BCUT2D eigenvalue weighted by atomic mass is 16.4. The first-order chi connectivity index (χ1) is 18.5. The van der Waals surface area contributed by atoms with E-state index < -0.39 is 47.9 Å². The maximum atomic E-state index is 13.4. The van der Waals surface area contributed by atoms with Crippen LogP contribution in [0, 0.1) is 11.8 Å². The van der Waals surface area contributed by atoms with Crippen molar-refractivity contribution >= 4 is 34.6 Å². The number of nitrogens with two attached hydrogens (primary N) is 1. The van der Waals surface area contributed by atoms with E-state index in [1.807, 2.05) is 24.3 Å². The molecule has 0 aliphatic heterocycles. The molecular weight excluding hydrogens is 502 g/mol. The van der Waals surface area contributed by atoms with Crippen molar-refractivity contribution < 1.29 is 24.3 Å². The fraction of sp³-hybridized carbons (Fsp3) is 0.444. The fourth-order valence-electron chi connectivity index (χ4n) is 4.28. The molecule has 8 N–H and O–H groups in total. The Kier molecular flexibility index (Phi) is 9.83. The first-order valence-electron chi connectivity index (χ1n) is 12.9. The molecule has 3 amide bonds. The van der Waals surface area contributed by atoms with Crippen molar-refractivity contribution in [3.05, 3.63) is 54.2 Å². The number of carboxylic acid groups (broad SMARTS) is 1. The first-order valence-corrected chi connectivity index (χ1v) is 12.9. The quantitative estimate of drug-likeness (QED) is 0.167. The van der Waals surface area contributed by atoms with Gasteiger partial charge in [0.2, 0.25) is 17.7 Å². The van der Waals surface area contributed by atoms with Gasteiger partial charge in [-0.3, -0.25) is 14.4 Å². The van der Waals surface area contributed by atoms with Gasteiger partial charge in [0.1, 0.15) is 18.1 Å². The van der Waals surface area contributed by atoms with Gasteiger partial charge >= 0.3 is 5.97 Å². The Hall–Kier alpha value is -4.19. The van der Waals surface area contributed by atoms with Crippen molar-refractivity contribution in [3.8, 4) is 0 Å². The number of aromatic nitrogens is 3. The molecule has 2 heterocycles. The van der Waals surface area contributed by atoms with Gasteiger partial charge in [-0.15, -0.1) is 0 Å². The minimum Gasteiger partial charge on any atom is -0.480 e. The molecule has 0 saturated carbocycles. The SMILES string of the molecule is CC(C)C(NC(=O)C(NC(=O)C(Cc1cnc[nH]1)NC(=O)C(N)Cc1c[nH]c2ccccc12)C(C)C)C(=O)O. The summed E-state index contributed by atoms with van der Waals surface area (Å²) in [7, 11) is 0. The third-order valence-corrected chi connectivity index (χ3v) is 6.54. The normalized spacial score (nSPS) is 14.5. The summed E-state index contributed by atoms with van der Waals surface area (Å²) in [5.74, 6) is -3.65. The van der Waals surface area contributed by atoms with Gasteiger partial charge in [0, 0.05) is 35.4 Å². The molecule has 4 unspecified atom stereocenters. The number of hydrogen-bond acceptors (Lipinski definition) is 6. The Morgan fingerprint density at radius 1 is 0.897 bits per heavy atom. The van der Waals surface area contributed by atoms with E-state index in [1.54, 1.807) is 33.9 Å². The highest BCUT2D eigenvalue weighted by Gasteiger charge is 2.33. The minimum absolute atomic E-state index is 0.0769. The van der Waals surface area contributed by atoms with Crippen LogP contribution in [-0.2, 0) is 32.0 Å². The molecule has 4 atom stereocenters. The second kappa shape index (κ2) is 13.1. The van der Waals surface area contributed by atoms with Crippen LogP contribution in [0.5, 0.6) is 0 Å². The number of hydrogen-bond donors (Lipinski definition) is 7. The van der Waals surface area contributed by atoms with Crippen LogP contribution in [0.3, 0.4) is 0 Å². The molecule has 0 saturated heterocycles. The van der Waals surface area contributed by atoms with Gasteiger partial charge in [-0.1, -0.05) is 45.9 Å². The maximum absolute atomic E-state index is 13.4. The van der Waals surface area contributed by atoms with Crippen LogP contribution < -0.4 is 21.7 Å². The Morgan fingerprint density at radius 2 is 1.56 bits per heavy atom. The zero-order valence-corrected chi connectivity index (χ0v) is 22.5. The number of imidazole rings is 1. The van der Waals surface area contributed by atoms with E-state index in [1.165, 1.54) is 12.5 Å². The van der Waals surface area contributed by atoms with E-state index in [9.17, 15) is 24.3 Å². The molecule has 0 bridgehead atoms. The fourth-order valence-corrected chi connectivity index (χ4v) is 4.28. The largest absolute Gasteiger partial charge is 0.480 e. The van der Waals surface area contributed by atoms with E-state index >= 15 is 0 Å². The number of para-hydroxylation sites is 1. The molecule has 1 aromatic carbocycles. The Bertz CT molecular complexity index is 1280. The highest BCUT2D eigenvalue weighted by molar-refractivity contribution is 5.94. The molecule has 0 fully saturated rings. The van der Waals surface area contributed by atoms with E-state index in [4.69, 9.17) is 5.73 Å². The molecule has 39 heavy (non-hydrogen) atoms. The van der Waals surface area contributed by atoms with E-state index in [0.717, 1.165) is 16.5 Å². The molecule has 0 aliphatic carbocycles. The third kappa shape index (κ3) is 7.66. The molecule has 0 spiro atoms. The molecule has 3 aromatic rings. The van der Waals surface area contributed by atoms with Gasteiger partial charge in [-0.2, -0.15) is 0 Å². The molecule has 12 heteroatoms. The van der Waals surface area contributed by atoms with Crippen molar-refractivity contribution in [2.45, 2.75) is 64.7 Å². The van der Waals surface area contributed by atoms with Crippen molar-refractivity contribution in [3.63, 3.8) is 0 Å². The number of aromatic amines is 2. The number of rotatable bonds is 13. The number of carbonyl (C=O) groups is 4. The average molecular weight is 540 g/mol. The third-order valence-electron chi connectivity index (χ3n) is 6.54. The number of nitrogens with one attached hydrogen (secondary N) is 5. The number of amides is 3. The Balaban J connectivity index is 1.74. The van der Waals surface area contributed by atoms with Crippen LogP contribution >= 0.6 is 0 Å². The average Bonchev–Trinajstić information content (AvgIpc) is 3.54. The van der Waals surface area contributed by atoms with E-state index in [0.29, 0.717) is 5.69 Å². The monoisotopic (exact) mass is 539 g/mol. The summed E-state index contributed by atoms with van der Waals surface area (Å²) < 4.78 is 0. The second-order valence-electron chi connectivity index (χ2n) is 10.3. The lowest BCUT2D eigenvalue weighted by molar-refractivity contribution is -0.143. The van der Waals surface area contributed by atoms with Crippen LogP contribution in [-0.4, -0.2) is 67.9 Å². The van der Waals surface area contributed by atoms with Crippen molar-refractivity contribution in [1.82, 2.24) is 30.9 Å². The summed E-state index contributed by atoms with van der Waals surface area (Å²) in [6.45, 7) is 6.82. The molecule has 2 aromatic heterocycles. The predicted molar refractivity (Wildman–Crippen MR) is 145 cm³/mol. The van der Waals surface area contributed by atoms with Gasteiger partial charge in [0.15, 0.2) is 0 Å². The molecule has 210 valence electrons. The molecule has 0 radical (unpaired) electrons. The van der Waals surface area contributed by atoms with Crippen LogP contribution in [0.1, 0.15) is 39.0 Å². The summed E-state index contributed by atoms with van der Waals surface area (Å²) in [4.78, 5) is 61.1. The lowest BCUT2D eigenvalue weighted by atomic mass is 9.99. The number of aliphatic carboxylic acids is 1. The summed E-state index contributed by atoms with van der Waals surface area (Å²) in [6.07, 6.45) is 5.12. The Labute approximate surface area is 226 Å². The van der Waals surface area contributed by atoms with Gasteiger partial charge < -0.3 is 36.8 Å². The Morgan fingerprint density at radius 3 is 2.18 bits per heavy atom. The molecule has 3 rings (SSSR count). The van der Waals surface area contributed by atoms with Crippen LogP contribution in [0.2, 0.25) is 0 Å². The van der Waals surface area contributed by atoms with Crippen molar-refractivity contribution in [2.24, 2.45) is 17.6 Å². The summed E-state index contributed by atoms with van der Waals surface area (Å²) in [6, 6.07) is 3.52. The van der Waals surface area contributed by atoms with Gasteiger partial charge in [0.25, 0.3) is 0 Å². The molecular formula is C27H37N7O5. The molecule has 0 aliphatic rings. The van der Waals surface area contributed by atoms with Gasteiger partial charge in [-0.05, 0) is 29.9 Å². The van der Waals surface area contributed by atoms with Crippen LogP contribution in [0.25, 0.3) is 10.9 Å². The van der Waals surface area contributed by atoms with Gasteiger partial charge in [0.05, 0.1) is 12.4 Å². The second-order valence-corrected chi connectivity index (χ2v) is 10.3. The number of H-pyrrole nitrogens is 2. The first kappa shape index (κ1) is 29.4. The van der Waals surface area contributed by atoms with E-state index in [-0.39, 0.29) is 24.7 Å². The smallest absolute Gasteiger partial charge is 0.326 e. The zero-order chi connectivity index (χ0) is 28.7. The number of benzene rings is 1. The number of carbonyl (C=O) groups excluding carboxylic acids is 3. The molecule has 12 nitrogen and oxygen atoms in total. The number of fused-ring (bicyclic) bond motifs is 1. The van der Waals surface area contributed by atoms with Crippen molar-refractivity contribution in [1.29, 1.82) is 0 Å². The topological polar surface area (TPSA) is 195 Å². The number of carboxylic acids is 1. The summed E-state index contributed by atoms with van der Waals surface area (Å²) in [5.41, 5.74) is 8.63. The van der Waals surface area contributed by atoms with Crippen LogP contribution in [0.15, 0.2) is 43.0 Å². The lowest BCUT2D eigenvalue weighted by Crippen LogP contribution is -2.59. The van der Waals surface area contributed by atoms with Crippen molar-refractivity contribution in [2.75, 3.05) is 0 Å². The van der Waals surface area contributed by atoms with Gasteiger partial charge in [-0.25, -0.2) is 9.78 Å². The standard InChI is InChI=1S/C27H37N7O5/c1-14(2)22(26(37)34-23(15(3)4)27(38)39)33-25(36)21(10-17-12-29-13-31-17)32-24(35)19(28)9-16-11-30-20-8-6-5-7-18(16)20/h5-8,11-15,19,21-23,30H,9-10,28H2,1-4H3,(H,29,31)(H,32,35)(H,33,36)(H,34,37)(H,38,39). The number of nitrogens with zero attached hydrogens (tertiary/aromatic N) is 1. The highest BCUT2D eigenvalue weighted by Crippen LogP contribution is 2.19. The zero-order valence-electron chi connectivity index (χ0n) is 22.5. The summed E-state index contributed by atoms with van der Waals surface area (Å²) >= 11 is 0. The minimum atomic E-state index is -1.17.